The number of halogens is 1. The molecule has 0 amide bonds. The van der Waals surface area contributed by atoms with Crippen LogP contribution in [0.25, 0.3) is 0 Å². The van der Waals surface area contributed by atoms with Gasteiger partial charge in [0.25, 0.3) is 0 Å². The van der Waals surface area contributed by atoms with E-state index in [9.17, 15) is 8.42 Å². The summed E-state index contributed by atoms with van der Waals surface area (Å²) < 4.78 is 22.2. The van der Waals surface area contributed by atoms with Crippen molar-refractivity contribution in [1.82, 2.24) is 0 Å². The molecule has 0 spiro atoms. The molecule has 74 valence electrons. The van der Waals surface area contributed by atoms with Gasteiger partial charge >= 0.3 is 0 Å². The van der Waals surface area contributed by atoms with E-state index in [4.69, 9.17) is 10.4 Å². The molecule has 0 aliphatic heterocycles. The van der Waals surface area contributed by atoms with Crippen LogP contribution in [0.1, 0.15) is 11.1 Å². The molecule has 0 saturated heterocycles. The third-order valence-corrected chi connectivity index (χ3v) is 3.26. The van der Waals surface area contributed by atoms with E-state index in [1.54, 1.807) is 0 Å². The lowest BCUT2D eigenvalue weighted by atomic mass is 10.2. The van der Waals surface area contributed by atoms with Crippen molar-refractivity contribution in [1.29, 1.82) is 5.26 Å². The zero-order valence-electron chi connectivity index (χ0n) is 7.07. The van der Waals surface area contributed by atoms with E-state index in [1.807, 2.05) is 6.07 Å². The molecular formula is C8H7BrN2O2S. The maximum absolute atomic E-state index is 11.1. The van der Waals surface area contributed by atoms with Gasteiger partial charge in [-0.3, -0.25) is 0 Å². The molecule has 0 unspecified atom stereocenters. The molecule has 1 aromatic carbocycles. The summed E-state index contributed by atoms with van der Waals surface area (Å²) in [5, 5.41) is 13.9. The van der Waals surface area contributed by atoms with Gasteiger partial charge in [-0.05, 0) is 23.8 Å². The molecule has 0 heterocycles. The highest BCUT2D eigenvalue weighted by Gasteiger charge is 2.13. The third kappa shape index (κ3) is 2.32. The summed E-state index contributed by atoms with van der Waals surface area (Å²) >= 11 is 3.13. The van der Waals surface area contributed by atoms with Crippen LogP contribution < -0.4 is 5.14 Å². The second kappa shape index (κ2) is 4.09. The van der Waals surface area contributed by atoms with Gasteiger partial charge < -0.3 is 0 Å². The fraction of sp³-hybridized carbons (Fsp3) is 0.125. The van der Waals surface area contributed by atoms with Gasteiger partial charge in [-0.1, -0.05) is 15.9 Å². The number of sulfonamides is 1. The highest BCUT2D eigenvalue weighted by molar-refractivity contribution is 9.08. The molecule has 0 fully saturated rings. The molecule has 2 N–H and O–H groups in total. The van der Waals surface area contributed by atoms with Crippen LogP contribution in [0.3, 0.4) is 0 Å². The van der Waals surface area contributed by atoms with Gasteiger partial charge in [-0.2, -0.15) is 5.26 Å². The molecule has 14 heavy (non-hydrogen) atoms. The molecule has 1 rings (SSSR count). The summed E-state index contributed by atoms with van der Waals surface area (Å²) in [5.41, 5.74) is 0.901. The van der Waals surface area contributed by atoms with E-state index in [-0.39, 0.29) is 4.90 Å². The van der Waals surface area contributed by atoms with Gasteiger partial charge in [0, 0.05) is 5.33 Å². The number of nitrogens with two attached hydrogens (primary N) is 1. The van der Waals surface area contributed by atoms with E-state index in [1.165, 1.54) is 18.2 Å². The second-order valence-corrected chi connectivity index (χ2v) is 4.70. The topological polar surface area (TPSA) is 83.9 Å². The maximum atomic E-state index is 11.1. The SMILES string of the molecule is N#Cc1ccc(S(N)(=O)=O)c(CBr)c1. The Morgan fingerprint density at radius 2 is 2.14 bits per heavy atom. The maximum Gasteiger partial charge on any atom is 0.238 e. The molecule has 0 saturated carbocycles. The summed E-state index contributed by atoms with van der Waals surface area (Å²) in [6.45, 7) is 0. The number of nitrogens with zero attached hydrogens (tertiary/aromatic N) is 1. The molecule has 0 aliphatic carbocycles. The quantitative estimate of drug-likeness (QED) is 0.820. The first-order valence-electron chi connectivity index (χ1n) is 3.61. The Bertz CT molecular complexity index is 491. The van der Waals surface area contributed by atoms with Crippen LogP contribution in [0.5, 0.6) is 0 Å². The summed E-state index contributed by atoms with van der Waals surface area (Å²) in [6, 6.07) is 6.18. The fourth-order valence-corrected chi connectivity index (χ4v) is 2.43. The number of benzene rings is 1. The molecule has 0 aliphatic rings. The Labute approximate surface area is 90.5 Å². The summed E-state index contributed by atoms with van der Waals surface area (Å²) in [5.74, 6) is 0. The molecular weight excluding hydrogens is 268 g/mol. The average molecular weight is 275 g/mol. The lowest BCUT2D eigenvalue weighted by molar-refractivity contribution is 0.597. The van der Waals surface area contributed by atoms with Gasteiger partial charge in [0.15, 0.2) is 0 Å². The van der Waals surface area contributed by atoms with Crippen molar-refractivity contribution in [3.05, 3.63) is 29.3 Å². The largest absolute Gasteiger partial charge is 0.238 e. The molecule has 0 radical (unpaired) electrons. The number of rotatable bonds is 2. The third-order valence-electron chi connectivity index (χ3n) is 1.64. The molecule has 6 heteroatoms. The zero-order chi connectivity index (χ0) is 10.8. The molecule has 0 aromatic heterocycles. The number of nitriles is 1. The van der Waals surface area contributed by atoms with Crippen LogP contribution in [-0.2, 0) is 15.4 Å². The average Bonchev–Trinajstić information content (AvgIpc) is 2.15. The highest BCUT2D eigenvalue weighted by atomic mass is 79.9. The van der Waals surface area contributed by atoms with Crippen LogP contribution in [0.15, 0.2) is 23.1 Å². The normalized spacial score (nSPS) is 10.9. The van der Waals surface area contributed by atoms with E-state index < -0.39 is 10.0 Å². The van der Waals surface area contributed by atoms with Crippen LogP contribution in [-0.4, -0.2) is 8.42 Å². The molecule has 4 nitrogen and oxygen atoms in total. The van der Waals surface area contributed by atoms with Gasteiger partial charge in [0.05, 0.1) is 16.5 Å². The predicted molar refractivity (Wildman–Crippen MR) is 55.2 cm³/mol. The molecule has 0 atom stereocenters. The smallest absolute Gasteiger partial charge is 0.225 e. The van der Waals surface area contributed by atoms with Crippen molar-refractivity contribution in [3.63, 3.8) is 0 Å². The number of hydrogen-bond acceptors (Lipinski definition) is 3. The van der Waals surface area contributed by atoms with Gasteiger partial charge in [0.1, 0.15) is 0 Å². The minimum absolute atomic E-state index is 0.0494. The van der Waals surface area contributed by atoms with Crippen molar-refractivity contribution >= 4 is 26.0 Å². The summed E-state index contributed by atoms with van der Waals surface area (Å²) in [4.78, 5) is 0.0494. The highest BCUT2D eigenvalue weighted by Crippen LogP contribution is 2.18. The first-order chi connectivity index (χ1) is 6.49. The Balaban J connectivity index is 3.42. The van der Waals surface area contributed by atoms with Crippen molar-refractivity contribution in [2.24, 2.45) is 5.14 Å². The number of primary sulfonamides is 1. The standard InChI is InChI=1S/C8H7BrN2O2S/c9-4-7-3-6(5-10)1-2-8(7)14(11,12)13/h1-3H,4H2,(H2,11,12,13). The van der Waals surface area contributed by atoms with E-state index in [0.717, 1.165) is 0 Å². The minimum Gasteiger partial charge on any atom is -0.225 e. The van der Waals surface area contributed by atoms with Crippen LogP contribution in [0.2, 0.25) is 0 Å². The van der Waals surface area contributed by atoms with E-state index in [0.29, 0.717) is 16.5 Å². The second-order valence-electron chi connectivity index (χ2n) is 2.61. The van der Waals surface area contributed by atoms with Gasteiger partial charge in [-0.25, -0.2) is 13.6 Å². The summed E-state index contributed by atoms with van der Waals surface area (Å²) in [6.07, 6.45) is 0. The van der Waals surface area contributed by atoms with Crippen molar-refractivity contribution in [3.8, 4) is 6.07 Å². The lowest BCUT2D eigenvalue weighted by Gasteiger charge is -2.04. The number of alkyl halides is 1. The Morgan fingerprint density at radius 3 is 2.57 bits per heavy atom. The Morgan fingerprint density at radius 1 is 1.50 bits per heavy atom. The lowest BCUT2D eigenvalue weighted by Crippen LogP contribution is -2.14. The van der Waals surface area contributed by atoms with Gasteiger partial charge in [0.2, 0.25) is 10.0 Å². The summed E-state index contributed by atoms with van der Waals surface area (Å²) in [7, 11) is -3.71. The van der Waals surface area contributed by atoms with Crippen molar-refractivity contribution in [2.45, 2.75) is 10.2 Å². The van der Waals surface area contributed by atoms with E-state index in [2.05, 4.69) is 15.9 Å². The zero-order valence-corrected chi connectivity index (χ0v) is 9.47. The van der Waals surface area contributed by atoms with Crippen molar-refractivity contribution < 1.29 is 8.42 Å². The first kappa shape index (κ1) is 11.2. The van der Waals surface area contributed by atoms with Crippen LogP contribution >= 0.6 is 15.9 Å². The molecule has 1 aromatic rings. The van der Waals surface area contributed by atoms with Crippen molar-refractivity contribution in [2.75, 3.05) is 0 Å². The predicted octanol–water partition coefficient (Wildman–Crippen LogP) is 1.10. The van der Waals surface area contributed by atoms with Crippen LogP contribution in [0.4, 0.5) is 0 Å². The fourth-order valence-electron chi connectivity index (χ4n) is 1.03. The van der Waals surface area contributed by atoms with Gasteiger partial charge in [-0.15, -0.1) is 0 Å². The van der Waals surface area contributed by atoms with E-state index >= 15 is 0 Å². The number of hydrogen-bond donors (Lipinski definition) is 1. The Hall–Kier alpha value is -0.900. The first-order valence-corrected chi connectivity index (χ1v) is 6.27. The van der Waals surface area contributed by atoms with Crippen LogP contribution in [0, 0.1) is 11.3 Å². The monoisotopic (exact) mass is 274 g/mol. The molecule has 0 bridgehead atoms. The minimum atomic E-state index is -3.71. The Kier molecular flexibility index (Phi) is 3.26.